The lowest BCUT2D eigenvalue weighted by Crippen LogP contribution is -2.15. The van der Waals surface area contributed by atoms with Crippen molar-refractivity contribution >= 4 is 41.5 Å². The summed E-state index contributed by atoms with van der Waals surface area (Å²) in [6.45, 7) is 0. The van der Waals surface area contributed by atoms with Crippen LogP contribution in [0.15, 0.2) is 57.9 Å². The van der Waals surface area contributed by atoms with E-state index in [9.17, 15) is 16.8 Å². The Morgan fingerprint density at radius 3 is 2.14 bits per heavy atom. The van der Waals surface area contributed by atoms with Crippen molar-refractivity contribution in [1.82, 2.24) is 0 Å². The quantitative estimate of drug-likeness (QED) is 0.831. The zero-order valence-corrected chi connectivity index (χ0v) is 14.9. The Morgan fingerprint density at radius 1 is 0.955 bits per heavy atom. The first kappa shape index (κ1) is 17.0. The molecule has 0 atom stereocenters. The third-order valence-corrected chi connectivity index (χ3v) is 5.55. The number of halogens is 1. The van der Waals surface area contributed by atoms with Crippen molar-refractivity contribution in [2.45, 2.75) is 10.6 Å². The molecule has 0 aliphatic carbocycles. The molecule has 0 radical (unpaired) electrons. The van der Waals surface area contributed by atoms with E-state index < -0.39 is 19.9 Å². The first-order valence-electron chi connectivity index (χ1n) is 6.21. The minimum Gasteiger partial charge on any atom is -0.279 e. The molecule has 1 N–H and O–H groups in total. The molecule has 0 aromatic heterocycles. The molecule has 0 bridgehead atoms. The number of rotatable bonds is 5. The van der Waals surface area contributed by atoms with Crippen LogP contribution < -0.4 is 4.72 Å². The topological polar surface area (TPSA) is 80.3 Å². The van der Waals surface area contributed by atoms with E-state index in [0.717, 1.165) is 10.7 Å². The van der Waals surface area contributed by atoms with Crippen molar-refractivity contribution in [1.29, 1.82) is 0 Å². The first-order valence-corrected chi connectivity index (χ1v) is 10.5. The average molecular weight is 404 g/mol. The highest BCUT2D eigenvalue weighted by Gasteiger charge is 2.17. The van der Waals surface area contributed by atoms with Gasteiger partial charge in [-0.3, -0.25) is 4.72 Å². The monoisotopic (exact) mass is 403 g/mol. The Bertz CT molecular complexity index is 875. The second kappa shape index (κ2) is 6.39. The Morgan fingerprint density at radius 2 is 1.55 bits per heavy atom. The lowest BCUT2D eigenvalue weighted by molar-refractivity contribution is 0.598. The molecule has 5 nitrogen and oxygen atoms in total. The smallest absolute Gasteiger partial charge is 0.261 e. The van der Waals surface area contributed by atoms with Gasteiger partial charge in [0.1, 0.15) is 0 Å². The summed E-state index contributed by atoms with van der Waals surface area (Å²) in [7, 11) is -7.04. The zero-order chi connectivity index (χ0) is 16.4. The van der Waals surface area contributed by atoms with Gasteiger partial charge in [0.05, 0.1) is 16.3 Å². The van der Waals surface area contributed by atoms with Crippen LogP contribution in [0.4, 0.5) is 5.69 Å². The summed E-state index contributed by atoms with van der Waals surface area (Å²) in [5, 5.41) is 0. The first-order chi connectivity index (χ1) is 10.2. The van der Waals surface area contributed by atoms with Crippen LogP contribution in [-0.2, 0) is 25.6 Å². The van der Waals surface area contributed by atoms with Crippen molar-refractivity contribution in [2.24, 2.45) is 0 Å². The predicted molar refractivity (Wildman–Crippen MR) is 89.9 cm³/mol. The minimum atomic E-state index is -3.77. The highest BCUT2D eigenvalue weighted by Crippen LogP contribution is 2.22. The summed E-state index contributed by atoms with van der Waals surface area (Å²) >= 11 is 3.24. The van der Waals surface area contributed by atoms with Gasteiger partial charge in [-0.2, -0.15) is 0 Å². The summed E-state index contributed by atoms with van der Waals surface area (Å²) in [4.78, 5) is 0.102. The average Bonchev–Trinajstić information content (AvgIpc) is 2.39. The number of benzene rings is 2. The van der Waals surface area contributed by atoms with E-state index >= 15 is 0 Å². The van der Waals surface area contributed by atoms with Gasteiger partial charge in [0.2, 0.25) is 0 Å². The van der Waals surface area contributed by atoms with Gasteiger partial charge in [-0.15, -0.1) is 0 Å². The number of sulfonamides is 1. The minimum absolute atomic E-state index is 0.102. The normalized spacial score (nSPS) is 12.1. The maximum atomic E-state index is 12.4. The Labute approximate surface area is 138 Å². The molecular formula is C14H14BrNO4S2. The van der Waals surface area contributed by atoms with Gasteiger partial charge >= 0.3 is 0 Å². The van der Waals surface area contributed by atoms with E-state index in [0.29, 0.717) is 5.56 Å². The van der Waals surface area contributed by atoms with Crippen LogP contribution in [0.25, 0.3) is 0 Å². The third kappa shape index (κ3) is 4.56. The number of anilines is 1. The molecule has 0 saturated heterocycles. The van der Waals surface area contributed by atoms with Crippen LogP contribution in [0.2, 0.25) is 0 Å². The molecule has 8 heteroatoms. The van der Waals surface area contributed by atoms with Crippen LogP contribution in [-0.4, -0.2) is 23.1 Å². The molecule has 0 fully saturated rings. The second-order valence-electron chi connectivity index (χ2n) is 4.79. The van der Waals surface area contributed by atoms with Gasteiger partial charge in [-0.25, -0.2) is 16.8 Å². The molecule has 0 unspecified atom stereocenters. The zero-order valence-electron chi connectivity index (χ0n) is 11.7. The van der Waals surface area contributed by atoms with Crippen molar-refractivity contribution in [3.05, 3.63) is 58.6 Å². The molecular weight excluding hydrogens is 390 g/mol. The summed E-state index contributed by atoms with van der Waals surface area (Å²) in [5.41, 5.74) is 0.668. The predicted octanol–water partition coefficient (Wildman–Crippen LogP) is 2.79. The Hall–Kier alpha value is -1.38. The standard InChI is InChI=1S/C14H14BrNO4S2/c1-21(17,18)10-11-4-2-3-5-14(11)16-22(19,20)13-8-6-12(15)7-9-13/h2-9,16H,10H2,1H3. The molecule has 0 saturated carbocycles. The van der Waals surface area contributed by atoms with E-state index in [2.05, 4.69) is 20.7 Å². The maximum Gasteiger partial charge on any atom is 0.261 e. The van der Waals surface area contributed by atoms with E-state index in [-0.39, 0.29) is 16.3 Å². The van der Waals surface area contributed by atoms with Gasteiger partial charge < -0.3 is 0 Å². The van der Waals surface area contributed by atoms with Crippen LogP contribution >= 0.6 is 15.9 Å². The highest BCUT2D eigenvalue weighted by molar-refractivity contribution is 9.10. The fourth-order valence-corrected chi connectivity index (χ4v) is 4.03. The maximum absolute atomic E-state index is 12.4. The molecule has 2 aromatic rings. The number of sulfone groups is 1. The van der Waals surface area contributed by atoms with E-state index in [1.54, 1.807) is 30.3 Å². The highest BCUT2D eigenvalue weighted by atomic mass is 79.9. The molecule has 0 amide bonds. The summed E-state index contributed by atoms with van der Waals surface area (Å²) in [5.74, 6) is -0.230. The summed E-state index contributed by atoms with van der Waals surface area (Å²) < 4.78 is 50.8. The van der Waals surface area contributed by atoms with Crippen molar-refractivity contribution in [2.75, 3.05) is 11.0 Å². The molecule has 0 heterocycles. The fraction of sp³-hybridized carbons (Fsp3) is 0.143. The Balaban J connectivity index is 2.36. The van der Waals surface area contributed by atoms with Crippen LogP contribution in [0.5, 0.6) is 0 Å². The fourth-order valence-electron chi connectivity index (χ4n) is 1.85. The van der Waals surface area contributed by atoms with Gasteiger partial charge in [0.25, 0.3) is 10.0 Å². The van der Waals surface area contributed by atoms with Gasteiger partial charge in [-0.05, 0) is 35.9 Å². The van der Waals surface area contributed by atoms with E-state index in [4.69, 9.17) is 0 Å². The largest absolute Gasteiger partial charge is 0.279 e. The third-order valence-electron chi connectivity index (χ3n) is 2.80. The number of hydrogen-bond acceptors (Lipinski definition) is 4. The van der Waals surface area contributed by atoms with Crippen molar-refractivity contribution in [3.8, 4) is 0 Å². The molecule has 118 valence electrons. The van der Waals surface area contributed by atoms with Crippen LogP contribution in [0.3, 0.4) is 0 Å². The SMILES string of the molecule is CS(=O)(=O)Cc1ccccc1NS(=O)(=O)c1ccc(Br)cc1. The summed E-state index contributed by atoms with van der Waals surface area (Å²) in [6.07, 6.45) is 1.10. The van der Waals surface area contributed by atoms with Crippen molar-refractivity contribution < 1.29 is 16.8 Å². The van der Waals surface area contributed by atoms with Gasteiger partial charge in [0, 0.05) is 10.7 Å². The molecule has 2 rings (SSSR count). The molecule has 22 heavy (non-hydrogen) atoms. The summed E-state index contributed by atoms with van der Waals surface area (Å²) in [6, 6.07) is 12.6. The second-order valence-corrected chi connectivity index (χ2v) is 9.52. The van der Waals surface area contributed by atoms with Crippen LogP contribution in [0.1, 0.15) is 5.56 Å². The van der Waals surface area contributed by atoms with Gasteiger partial charge in [0.15, 0.2) is 9.84 Å². The lowest BCUT2D eigenvalue weighted by Gasteiger charge is -2.12. The number of para-hydroxylation sites is 1. The molecule has 0 spiro atoms. The Kier molecular flexibility index (Phi) is 4.93. The van der Waals surface area contributed by atoms with E-state index in [1.165, 1.54) is 18.2 Å². The lowest BCUT2D eigenvalue weighted by atomic mass is 10.2. The molecule has 0 aliphatic rings. The van der Waals surface area contributed by atoms with E-state index in [1.807, 2.05) is 0 Å². The number of hydrogen-bond donors (Lipinski definition) is 1. The van der Waals surface area contributed by atoms with Gasteiger partial charge in [-0.1, -0.05) is 34.1 Å². The van der Waals surface area contributed by atoms with Crippen LogP contribution in [0, 0.1) is 0 Å². The molecule has 2 aromatic carbocycles. The molecule has 0 aliphatic heterocycles. The van der Waals surface area contributed by atoms with Crippen molar-refractivity contribution in [3.63, 3.8) is 0 Å². The number of nitrogens with one attached hydrogen (secondary N) is 1.